The summed E-state index contributed by atoms with van der Waals surface area (Å²) in [5.74, 6) is -0.170. The molecular weight excluding hydrogens is 254 g/mol. The predicted octanol–water partition coefficient (Wildman–Crippen LogP) is 2.41. The third-order valence-corrected chi connectivity index (χ3v) is 2.90. The quantitative estimate of drug-likeness (QED) is 0.746. The molecule has 20 heavy (non-hydrogen) atoms. The molecule has 0 aliphatic rings. The van der Waals surface area contributed by atoms with Crippen LogP contribution in [0.4, 0.5) is 11.4 Å². The second-order valence-electron chi connectivity index (χ2n) is 5.13. The molecule has 4 N–H and O–H groups in total. The first-order chi connectivity index (χ1) is 9.38. The van der Waals surface area contributed by atoms with Gasteiger partial charge in [-0.1, -0.05) is 6.07 Å². The van der Waals surface area contributed by atoms with E-state index in [-0.39, 0.29) is 17.9 Å². The molecule has 0 saturated heterocycles. The van der Waals surface area contributed by atoms with Gasteiger partial charge in [0.15, 0.2) is 0 Å². The van der Waals surface area contributed by atoms with E-state index in [9.17, 15) is 9.59 Å². The highest BCUT2D eigenvalue weighted by Crippen LogP contribution is 2.20. The first-order valence-corrected chi connectivity index (χ1v) is 6.82. The zero-order valence-electron chi connectivity index (χ0n) is 12.3. The zero-order chi connectivity index (χ0) is 15.1. The van der Waals surface area contributed by atoms with Gasteiger partial charge in [0.25, 0.3) is 0 Å². The minimum absolute atomic E-state index is 0.0336. The molecule has 5 heteroatoms. The van der Waals surface area contributed by atoms with Crippen molar-refractivity contribution < 1.29 is 9.59 Å². The largest absolute Gasteiger partial charge is 0.328 e. The van der Waals surface area contributed by atoms with Crippen molar-refractivity contribution in [3.63, 3.8) is 0 Å². The van der Waals surface area contributed by atoms with Crippen molar-refractivity contribution in [3.8, 4) is 0 Å². The molecule has 1 atom stereocenters. The number of anilines is 2. The first-order valence-electron chi connectivity index (χ1n) is 6.82. The molecule has 0 aliphatic carbocycles. The molecule has 110 valence electrons. The van der Waals surface area contributed by atoms with Crippen LogP contribution in [-0.4, -0.2) is 17.9 Å². The van der Waals surface area contributed by atoms with E-state index < -0.39 is 0 Å². The molecule has 2 amide bonds. The Labute approximate surface area is 119 Å². The van der Waals surface area contributed by atoms with Gasteiger partial charge in [-0.2, -0.15) is 0 Å². The summed E-state index contributed by atoms with van der Waals surface area (Å²) in [7, 11) is 0. The Morgan fingerprint density at radius 2 is 2.00 bits per heavy atom. The fourth-order valence-electron chi connectivity index (χ4n) is 1.83. The minimum Gasteiger partial charge on any atom is -0.328 e. The summed E-state index contributed by atoms with van der Waals surface area (Å²) < 4.78 is 0. The normalized spacial score (nSPS) is 11.8. The van der Waals surface area contributed by atoms with Crippen molar-refractivity contribution in [1.82, 2.24) is 0 Å². The van der Waals surface area contributed by atoms with Gasteiger partial charge in [-0.15, -0.1) is 0 Å². The predicted molar refractivity (Wildman–Crippen MR) is 81.6 cm³/mol. The average Bonchev–Trinajstić information content (AvgIpc) is 2.32. The van der Waals surface area contributed by atoms with E-state index in [0.717, 1.165) is 24.1 Å². The average molecular weight is 277 g/mol. The van der Waals surface area contributed by atoms with E-state index in [1.54, 1.807) is 6.07 Å². The summed E-state index contributed by atoms with van der Waals surface area (Å²) >= 11 is 0. The second-order valence-corrected chi connectivity index (χ2v) is 5.13. The fourth-order valence-corrected chi connectivity index (χ4v) is 1.83. The molecule has 0 bridgehead atoms. The van der Waals surface area contributed by atoms with Gasteiger partial charge in [-0.05, 0) is 44.4 Å². The molecule has 0 aromatic heterocycles. The molecule has 1 unspecified atom stereocenters. The number of hydrogen-bond acceptors (Lipinski definition) is 3. The van der Waals surface area contributed by atoms with E-state index in [1.807, 2.05) is 26.0 Å². The molecule has 0 saturated carbocycles. The van der Waals surface area contributed by atoms with Crippen LogP contribution in [0.2, 0.25) is 0 Å². The Bertz CT molecular complexity index is 484. The van der Waals surface area contributed by atoms with Gasteiger partial charge >= 0.3 is 0 Å². The maximum absolute atomic E-state index is 11.8. The SMILES string of the molecule is CC(=O)Nc1ccc(C)c(NC(=O)CCCC(C)N)c1. The number of nitrogens with one attached hydrogen (secondary N) is 2. The Balaban J connectivity index is 2.61. The lowest BCUT2D eigenvalue weighted by molar-refractivity contribution is -0.116. The molecule has 0 aliphatic heterocycles. The Kier molecular flexibility index (Phi) is 6.18. The summed E-state index contributed by atoms with van der Waals surface area (Å²) in [6, 6.07) is 5.55. The molecule has 0 radical (unpaired) electrons. The van der Waals surface area contributed by atoms with Crippen LogP contribution in [0.1, 0.15) is 38.7 Å². The number of aryl methyl sites for hydroxylation is 1. The van der Waals surface area contributed by atoms with Crippen LogP contribution in [-0.2, 0) is 9.59 Å². The molecule has 0 spiro atoms. The monoisotopic (exact) mass is 277 g/mol. The molecular formula is C15H23N3O2. The van der Waals surface area contributed by atoms with Crippen LogP contribution in [0.15, 0.2) is 18.2 Å². The van der Waals surface area contributed by atoms with Gasteiger partial charge in [0.2, 0.25) is 11.8 Å². The van der Waals surface area contributed by atoms with Gasteiger partial charge < -0.3 is 16.4 Å². The van der Waals surface area contributed by atoms with Crippen LogP contribution in [0.25, 0.3) is 0 Å². The lowest BCUT2D eigenvalue weighted by atomic mass is 10.1. The molecule has 0 heterocycles. The summed E-state index contributed by atoms with van der Waals surface area (Å²) in [6.07, 6.45) is 2.05. The Morgan fingerprint density at radius 3 is 2.60 bits per heavy atom. The first kappa shape index (κ1) is 16.2. The van der Waals surface area contributed by atoms with E-state index >= 15 is 0 Å². The van der Waals surface area contributed by atoms with E-state index in [1.165, 1.54) is 6.92 Å². The van der Waals surface area contributed by atoms with Gasteiger partial charge in [-0.3, -0.25) is 9.59 Å². The maximum Gasteiger partial charge on any atom is 0.224 e. The van der Waals surface area contributed by atoms with Crippen LogP contribution >= 0.6 is 0 Å². The van der Waals surface area contributed by atoms with Gasteiger partial charge in [0.05, 0.1) is 0 Å². The molecule has 0 fully saturated rings. The third kappa shape index (κ3) is 5.84. The summed E-state index contributed by atoms with van der Waals surface area (Å²) in [5.41, 5.74) is 8.01. The van der Waals surface area contributed by atoms with Crippen molar-refractivity contribution in [2.45, 2.75) is 46.1 Å². The second kappa shape index (κ2) is 7.65. The number of nitrogens with two attached hydrogens (primary N) is 1. The smallest absolute Gasteiger partial charge is 0.224 e. The number of hydrogen-bond donors (Lipinski definition) is 3. The summed E-state index contributed by atoms with van der Waals surface area (Å²) in [5, 5.41) is 5.56. The van der Waals surface area contributed by atoms with Crippen LogP contribution in [0.5, 0.6) is 0 Å². The summed E-state index contributed by atoms with van der Waals surface area (Å²) in [6.45, 7) is 5.29. The highest BCUT2D eigenvalue weighted by atomic mass is 16.2. The highest BCUT2D eigenvalue weighted by molar-refractivity contribution is 5.94. The van der Waals surface area contributed by atoms with Crippen molar-refractivity contribution in [2.75, 3.05) is 10.6 Å². The van der Waals surface area contributed by atoms with Crippen LogP contribution < -0.4 is 16.4 Å². The number of amides is 2. The molecule has 1 aromatic rings. The van der Waals surface area contributed by atoms with Crippen molar-refractivity contribution in [1.29, 1.82) is 0 Å². The topological polar surface area (TPSA) is 84.2 Å². The van der Waals surface area contributed by atoms with Crippen molar-refractivity contribution >= 4 is 23.2 Å². The van der Waals surface area contributed by atoms with E-state index in [2.05, 4.69) is 10.6 Å². The standard InChI is InChI=1S/C15H23N3O2/c1-10-7-8-13(17-12(3)19)9-14(10)18-15(20)6-4-5-11(2)16/h7-9,11H,4-6,16H2,1-3H3,(H,17,19)(H,18,20). The number of rotatable bonds is 6. The molecule has 1 aromatic carbocycles. The summed E-state index contributed by atoms with van der Waals surface area (Å²) in [4.78, 5) is 22.9. The fraction of sp³-hybridized carbons (Fsp3) is 0.467. The highest BCUT2D eigenvalue weighted by Gasteiger charge is 2.07. The molecule has 1 rings (SSSR count). The van der Waals surface area contributed by atoms with Crippen LogP contribution in [0, 0.1) is 6.92 Å². The van der Waals surface area contributed by atoms with E-state index in [0.29, 0.717) is 12.1 Å². The number of carbonyl (C=O) groups excluding carboxylic acids is 2. The zero-order valence-corrected chi connectivity index (χ0v) is 12.3. The Hall–Kier alpha value is -1.88. The van der Waals surface area contributed by atoms with Gasteiger partial charge in [-0.25, -0.2) is 0 Å². The lowest BCUT2D eigenvalue weighted by Crippen LogP contribution is -2.17. The Morgan fingerprint density at radius 1 is 1.30 bits per heavy atom. The number of carbonyl (C=O) groups is 2. The van der Waals surface area contributed by atoms with Crippen molar-refractivity contribution in [3.05, 3.63) is 23.8 Å². The van der Waals surface area contributed by atoms with Crippen molar-refractivity contribution in [2.24, 2.45) is 5.73 Å². The number of benzene rings is 1. The lowest BCUT2D eigenvalue weighted by Gasteiger charge is -2.11. The minimum atomic E-state index is -0.136. The van der Waals surface area contributed by atoms with Crippen LogP contribution in [0.3, 0.4) is 0 Å². The van der Waals surface area contributed by atoms with Gasteiger partial charge in [0.1, 0.15) is 0 Å². The molecule has 5 nitrogen and oxygen atoms in total. The van der Waals surface area contributed by atoms with Gasteiger partial charge in [0, 0.05) is 30.8 Å². The third-order valence-electron chi connectivity index (χ3n) is 2.90. The maximum atomic E-state index is 11.8. The van der Waals surface area contributed by atoms with E-state index in [4.69, 9.17) is 5.73 Å².